The van der Waals surface area contributed by atoms with Crippen LogP contribution in [0.25, 0.3) is 10.9 Å². The molecule has 2 aromatic rings. The Hall–Kier alpha value is -2.63. The van der Waals surface area contributed by atoms with Gasteiger partial charge in [0.25, 0.3) is 12.4 Å². The SMILES string of the molecule is C=C.O=C(NC1CC1)c1cc2cc(F)ccc2[nH]1.O=CO. The molecule has 0 spiro atoms. The highest BCUT2D eigenvalue weighted by Crippen LogP contribution is 2.21. The first-order valence-corrected chi connectivity index (χ1v) is 6.31. The van der Waals surface area contributed by atoms with Crippen LogP contribution in [0.15, 0.2) is 37.4 Å². The van der Waals surface area contributed by atoms with Gasteiger partial charge in [0.05, 0.1) is 0 Å². The molecule has 5 nitrogen and oxygen atoms in total. The average molecular weight is 292 g/mol. The van der Waals surface area contributed by atoms with Crippen LogP contribution >= 0.6 is 0 Å². The van der Waals surface area contributed by atoms with Crippen molar-refractivity contribution in [2.75, 3.05) is 0 Å². The van der Waals surface area contributed by atoms with Crippen molar-refractivity contribution < 1.29 is 19.1 Å². The molecule has 3 N–H and O–H groups in total. The molecule has 0 radical (unpaired) electrons. The fourth-order valence-electron chi connectivity index (χ4n) is 1.72. The van der Waals surface area contributed by atoms with Gasteiger partial charge >= 0.3 is 0 Å². The van der Waals surface area contributed by atoms with Crippen molar-refractivity contribution in [2.24, 2.45) is 0 Å². The number of aromatic amines is 1. The van der Waals surface area contributed by atoms with E-state index in [2.05, 4.69) is 23.5 Å². The molecule has 1 aliphatic carbocycles. The summed E-state index contributed by atoms with van der Waals surface area (Å²) in [4.78, 5) is 23.1. The summed E-state index contributed by atoms with van der Waals surface area (Å²) in [7, 11) is 0. The van der Waals surface area contributed by atoms with Crippen LogP contribution in [-0.2, 0) is 4.79 Å². The third kappa shape index (κ3) is 4.76. The largest absolute Gasteiger partial charge is 0.483 e. The Morgan fingerprint density at radius 1 is 1.38 bits per heavy atom. The number of nitrogens with one attached hydrogen (secondary N) is 2. The number of hydrogen-bond acceptors (Lipinski definition) is 2. The lowest BCUT2D eigenvalue weighted by Crippen LogP contribution is -2.25. The lowest BCUT2D eigenvalue weighted by Gasteiger charge is -1.98. The van der Waals surface area contributed by atoms with Gasteiger partial charge in [-0.15, -0.1) is 13.2 Å². The van der Waals surface area contributed by atoms with Gasteiger partial charge in [0.1, 0.15) is 11.5 Å². The summed E-state index contributed by atoms with van der Waals surface area (Å²) in [6.07, 6.45) is 2.11. The van der Waals surface area contributed by atoms with Crippen LogP contribution < -0.4 is 5.32 Å². The van der Waals surface area contributed by atoms with Gasteiger partial charge in [-0.25, -0.2) is 4.39 Å². The molecule has 1 aliphatic rings. The molecule has 1 saturated carbocycles. The van der Waals surface area contributed by atoms with E-state index in [9.17, 15) is 9.18 Å². The maximum atomic E-state index is 13.0. The molecule has 6 heteroatoms. The van der Waals surface area contributed by atoms with E-state index in [0.29, 0.717) is 11.7 Å². The second kappa shape index (κ2) is 7.84. The number of fused-ring (bicyclic) bond motifs is 1. The zero-order valence-corrected chi connectivity index (χ0v) is 11.4. The molecule has 1 heterocycles. The number of amides is 1. The molecular formula is C15H17FN2O3. The minimum atomic E-state index is -0.291. The van der Waals surface area contributed by atoms with Crippen LogP contribution in [0.1, 0.15) is 23.3 Å². The number of rotatable bonds is 2. The first kappa shape index (κ1) is 16.4. The number of carbonyl (C=O) groups excluding carboxylic acids is 1. The van der Waals surface area contributed by atoms with Crippen molar-refractivity contribution in [3.05, 3.63) is 48.9 Å². The summed E-state index contributed by atoms with van der Waals surface area (Å²) in [6, 6.07) is 6.44. The molecule has 1 fully saturated rings. The predicted molar refractivity (Wildman–Crippen MR) is 78.7 cm³/mol. The minimum Gasteiger partial charge on any atom is -0.483 e. The fourth-order valence-corrected chi connectivity index (χ4v) is 1.72. The fraction of sp³-hybridized carbons (Fsp3) is 0.200. The summed E-state index contributed by atoms with van der Waals surface area (Å²) in [5.41, 5.74) is 1.27. The van der Waals surface area contributed by atoms with Crippen molar-refractivity contribution in [3.8, 4) is 0 Å². The maximum Gasteiger partial charge on any atom is 0.290 e. The monoisotopic (exact) mass is 292 g/mol. The van der Waals surface area contributed by atoms with Crippen LogP contribution in [0.2, 0.25) is 0 Å². The summed E-state index contributed by atoms with van der Waals surface area (Å²) in [5, 5.41) is 10.5. The molecule has 1 amide bonds. The first-order valence-electron chi connectivity index (χ1n) is 6.31. The summed E-state index contributed by atoms with van der Waals surface area (Å²) >= 11 is 0. The summed E-state index contributed by atoms with van der Waals surface area (Å²) < 4.78 is 13.0. The van der Waals surface area contributed by atoms with E-state index < -0.39 is 0 Å². The molecule has 112 valence electrons. The van der Waals surface area contributed by atoms with E-state index in [1.807, 2.05) is 0 Å². The van der Waals surface area contributed by atoms with E-state index in [0.717, 1.165) is 23.7 Å². The van der Waals surface area contributed by atoms with Crippen molar-refractivity contribution in [3.63, 3.8) is 0 Å². The van der Waals surface area contributed by atoms with E-state index in [1.165, 1.54) is 12.1 Å². The number of carbonyl (C=O) groups is 2. The molecule has 3 rings (SSSR count). The van der Waals surface area contributed by atoms with E-state index in [1.54, 1.807) is 12.1 Å². The van der Waals surface area contributed by atoms with Crippen molar-refractivity contribution in [1.29, 1.82) is 0 Å². The quantitative estimate of drug-likeness (QED) is 0.588. The highest BCUT2D eigenvalue weighted by Gasteiger charge is 2.24. The van der Waals surface area contributed by atoms with Crippen molar-refractivity contribution in [2.45, 2.75) is 18.9 Å². The Morgan fingerprint density at radius 3 is 2.57 bits per heavy atom. The predicted octanol–water partition coefficient (Wildman–Crippen LogP) is 2.70. The topological polar surface area (TPSA) is 82.2 Å². The Bertz CT molecular complexity index is 620. The number of hydrogen-bond donors (Lipinski definition) is 3. The van der Waals surface area contributed by atoms with Crippen molar-refractivity contribution in [1.82, 2.24) is 10.3 Å². The van der Waals surface area contributed by atoms with E-state index >= 15 is 0 Å². The zero-order chi connectivity index (χ0) is 15.8. The normalized spacial score (nSPS) is 12.4. The summed E-state index contributed by atoms with van der Waals surface area (Å²) in [5.74, 6) is -0.403. The molecule has 0 saturated heterocycles. The van der Waals surface area contributed by atoms with Gasteiger partial charge in [0.15, 0.2) is 0 Å². The van der Waals surface area contributed by atoms with Gasteiger partial charge in [0, 0.05) is 16.9 Å². The lowest BCUT2D eigenvalue weighted by atomic mass is 10.2. The number of halogens is 1. The Balaban J connectivity index is 0.000000395. The van der Waals surface area contributed by atoms with Gasteiger partial charge in [-0.1, -0.05) is 0 Å². The Labute approximate surface area is 121 Å². The molecule has 0 aliphatic heterocycles. The summed E-state index contributed by atoms with van der Waals surface area (Å²) in [6.45, 7) is 5.75. The van der Waals surface area contributed by atoms with Gasteiger partial charge in [-0.3, -0.25) is 9.59 Å². The van der Waals surface area contributed by atoms with Crippen LogP contribution in [0.3, 0.4) is 0 Å². The van der Waals surface area contributed by atoms with Crippen LogP contribution in [0, 0.1) is 5.82 Å². The van der Waals surface area contributed by atoms with Crippen LogP contribution in [0.4, 0.5) is 4.39 Å². The molecular weight excluding hydrogens is 275 g/mol. The Kier molecular flexibility index (Phi) is 6.13. The van der Waals surface area contributed by atoms with Gasteiger partial charge in [-0.2, -0.15) is 0 Å². The van der Waals surface area contributed by atoms with E-state index in [-0.39, 0.29) is 18.2 Å². The second-order valence-corrected chi connectivity index (χ2v) is 4.27. The standard InChI is InChI=1S/C12H11FN2O.C2H4.CH2O2/c13-8-1-4-10-7(5-8)6-11(15-10)12(16)14-9-2-3-9;1-2;2-1-3/h1,4-6,9,15H,2-3H2,(H,14,16);1-2H2;1H,(H,2,3). The zero-order valence-electron chi connectivity index (χ0n) is 11.4. The molecule has 1 aromatic heterocycles. The van der Waals surface area contributed by atoms with Crippen molar-refractivity contribution >= 4 is 23.3 Å². The average Bonchev–Trinajstić information content (AvgIpc) is 3.18. The van der Waals surface area contributed by atoms with Crippen LogP contribution in [-0.4, -0.2) is 28.5 Å². The lowest BCUT2D eigenvalue weighted by molar-refractivity contribution is -0.122. The molecule has 0 bridgehead atoms. The van der Waals surface area contributed by atoms with E-state index in [4.69, 9.17) is 9.90 Å². The van der Waals surface area contributed by atoms with Gasteiger partial charge < -0.3 is 15.4 Å². The maximum absolute atomic E-state index is 13.0. The van der Waals surface area contributed by atoms with Gasteiger partial charge in [0.2, 0.25) is 0 Å². The number of aromatic nitrogens is 1. The highest BCUT2D eigenvalue weighted by molar-refractivity contribution is 5.98. The number of H-pyrrole nitrogens is 1. The first-order chi connectivity index (χ1) is 10.1. The smallest absolute Gasteiger partial charge is 0.290 e. The number of benzene rings is 1. The Morgan fingerprint density at radius 2 is 2.00 bits per heavy atom. The third-order valence-corrected chi connectivity index (χ3v) is 2.74. The molecule has 0 unspecified atom stereocenters. The molecule has 1 aromatic carbocycles. The third-order valence-electron chi connectivity index (χ3n) is 2.74. The second-order valence-electron chi connectivity index (χ2n) is 4.27. The van der Waals surface area contributed by atoms with Gasteiger partial charge in [-0.05, 0) is 37.1 Å². The minimum absolute atomic E-state index is 0.112. The highest BCUT2D eigenvalue weighted by atomic mass is 19.1. The molecule has 21 heavy (non-hydrogen) atoms. The molecule has 0 atom stereocenters. The number of carboxylic acid groups (broad SMARTS) is 1. The van der Waals surface area contributed by atoms with Crippen LogP contribution in [0.5, 0.6) is 0 Å².